The molecule has 0 saturated heterocycles. The molecule has 2 aromatic rings. The van der Waals surface area contributed by atoms with Crippen molar-refractivity contribution in [1.82, 2.24) is 9.78 Å². The number of para-hydroxylation sites is 1. The number of nitrogens with zero attached hydrogens (tertiary/aromatic N) is 2. The molecule has 0 radical (unpaired) electrons. The SMILES string of the molecule is CC(=O)OCn1ncc(Oc2ccccc2)c(Br)c1=O. The normalized spacial score (nSPS) is 10.1. The summed E-state index contributed by atoms with van der Waals surface area (Å²) in [6, 6.07) is 9.02. The Balaban J connectivity index is 2.22. The molecule has 0 unspecified atom stereocenters. The highest BCUT2D eigenvalue weighted by Crippen LogP contribution is 2.25. The van der Waals surface area contributed by atoms with Crippen molar-refractivity contribution in [2.45, 2.75) is 13.7 Å². The van der Waals surface area contributed by atoms with Gasteiger partial charge in [0.05, 0.1) is 6.20 Å². The van der Waals surface area contributed by atoms with E-state index in [2.05, 4.69) is 21.0 Å². The molecule has 7 heteroatoms. The average Bonchev–Trinajstić information content (AvgIpc) is 2.44. The highest BCUT2D eigenvalue weighted by molar-refractivity contribution is 9.10. The number of carbonyl (C=O) groups is 1. The van der Waals surface area contributed by atoms with Crippen molar-refractivity contribution in [3.05, 3.63) is 51.4 Å². The van der Waals surface area contributed by atoms with E-state index in [1.807, 2.05) is 18.2 Å². The van der Waals surface area contributed by atoms with Gasteiger partial charge in [-0.3, -0.25) is 9.59 Å². The monoisotopic (exact) mass is 338 g/mol. The van der Waals surface area contributed by atoms with Crippen molar-refractivity contribution in [2.75, 3.05) is 0 Å². The minimum atomic E-state index is -0.487. The third-order valence-electron chi connectivity index (χ3n) is 2.31. The molecular weight excluding hydrogens is 328 g/mol. The van der Waals surface area contributed by atoms with Gasteiger partial charge in [0.1, 0.15) is 10.2 Å². The van der Waals surface area contributed by atoms with E-state index in [0.29, 0.717) is 11.5 Å². The Morgan fingerprint density at radius 1 is 1.35 bits per heavy atom. The van der Waals surface area contributed by atoms with E-state index >= 15 is 0 Å². The van der Waals surface area contributed by atoms with Crippen molar-refractivity contribution in [3.63, 3.8) is 0 Å². The van der Waals surface area contributed by atoms with Crippen LogP contribution in [0.3, 0.4) is 0 Å². The van der Waals surface area contributed by atoms with Crippen LogP contribution < -0.4 is 10.3 Å². The van der Waals surface area contributed by atoms with Crippen LogP contribution in [0.1, 0.15) is 6.92 Å². The second-order valence-electron chi connectivity index (χ2n) is 3.81. The van der Waals surface area contributed by atoms with Gasteiger partial charge in [-0.05, 0) is 28.1 Å². The summed E-state index contributed by atoms with van der Waals surface area (Å²) in [5, 5.41) is 3.88. The summed E-state index contributed by atoms with van der Waals surface area (Å²) in [6.07, 6.45) is 1.38. The van der Waals surface area contributed by atoms with Gasteiger partial charge in [0.2, 0.25) is 0 Å². The number of halogens is 1. The van der Waals surface area contributed by atoms with Gasteiger partial charge in [-0.1, -0.05) is 18.2 Å². The van der Waals surface area contributed by atoms with E-state index in [1.54, 1.807) is 12.1 Å². The molecule has 1 aromatic heterocycles. The highest BCUT2D eigenvalue weighted by Gasteiger charge is 2.11. The van der Waals surface area contributed by atoms with Gasteiger partial charge in [0, 0.05) is 6.92 Å². The molecule has 0 bridgehead atoms. The van der Waals surface area contributed by atoms with Gasteiger partial charge in [-0.2, -0.15) is 9.78 Å². The smallest absolute Gasteiger partial charge is 0.304 e. The maximum atomic E-state index is 12.0. The number of aromatic nitrogens is 2. The van der Waals surface area contributed by atoms with Crippen LogP contribution in [0, 0.1) is 0 Å². The topological polar surface area (TPSA) is 70.4 Å². The van der Waals surface area contributed by atoms with Crippen LogP contribution >= 0.6 is 15.9 Å². The molecule has 1 heterocycles. The third-order valence-corrected chi connectivity index (χ3v) is 3.04. The largest absolute Gasteiger partial charge is 0.454 e. The lowest BCUT2D eigenvalue weighted by Crippen LogP contribution is -2.25. The van der Waals surface area contributed by atoms with Crippen LogP contribution in [0.2, 0.25) is 0 Å². The molecule has 0 fully saturated rings. The van der Waals surface area contributed by atoms with E-state index in [4.69, 9.17) is 9.47 Å². The number of hydrogen-bond acceptors (Lipinski definition) is 5. The first-order valence-corrected chi connectivity index (χ1v) is 6.49. The first-order chi connectivity index (χ1) is 9.58. The lowest BCUT2D eigenvalue weighted by atomic mass is 10.3. The molecule has 0 aliphatic carbocycles. The Labute approximate surface area is 123 Å². The predicted octanol–water partition coefficient (Wildman–Crippen LogP) is 2.32. The van der Waals surface area contributed by atoms with Crippen molar-refractivity contribution in [3.8, 4) is 11.5 Å². The second kappa shape index (κ2) is 6.33. The molecule has 0 amide bonds. The lowest BCUT2D eigenvalue weighted by molar-refractivity contribution is -0.145. The molecule has 6 nitrogen and oxygen atoms in total. The zero-order valence-electron chi connectivity index (χ0n) is 10.6. The minimum Gasteiger partial charge on any atom is -0.454 e. The Kier molecular flexibility index (Phi) is 4.52. The van der Waals surface area contributed by atoms with Crippen molar-refractivity contribution >= 4 is 21.9 Å². The van der Waals surface area contributed by atoms with E-state index in [-0.39, 0.29) is 11.2 Å². The molecule has 0 aliphatic heterocycles. The first-order valence-electron chi connectivity index (χ1n) is 5.70. The second-order valence-corrected chi connectivity index (χ2v) is 4.60. The van der Waals surface area contributed by atoms with Gasteiger partial charge in [-0.25, -0.2) is 0 Å². The fraction of sp³-hybridized carbons (Fsp3) is 0.154. The van der Waals surface area contributed by atoms with Crippen molar-refractivity contribution < 1.29 is 14.3 Å². The Morgan fingerprint density at radius 2 is 2.05 bits per heavy atom. The van der Waals surface area contributed by atoms with E-state index in [0.717, 1.165) is 4.68 Å². The van der Waals surface area contributed by atoms with E-state index in [9.17, 15) is 9.59 Å². The maximum absolute atomic E-state index is 12.0. The lowest BCUT2D eigenvalue weighted by Gasteiger charge is -2.09. The molecule has 0 spiro atoms. The number of rotatable bonds is 4. The standard InChI is InChI=1S/C13H11BrN2O4/c1-9(17)19-8-16-13(18)12(14)11(7-15-16)20-10-5-3-2-4-6-10/h2-7H,8H2,1H3. The van der Waals surface area contributed by atoms with Crippen LogP contribution in [-0.4, -0.2) is 15.7 Å². The molecule has 0 aliphatic rings. The fourth-order valence-electron chi connectivity index (χ4n) is 1.38. The molecule has 20 heavy (non-hydrogen) atoms. The fourth-order valence-corrected chi connectivity index (χ4v) is 1.77. The average molecular weight is 339 g/mol. The zero-order valence-corrected chi connectivity index (χ0v) is 12.2. The summed E-state index contributed by atoms with van der Waals surface area (Å²) in [4.78, 5) is 22.7. The van der Waals surface area contributed by atoms with E-state index < -0.39 is 11.5 Å². The van der Waals surface area contributed by atoms with Gasteiger partial charge < -0.3 is 9.47 Å². The van der Waals surface area contributed by atoms with Crippen LogP contribution in [0.4, 0.5) is 0 Å². The Morgan fingerprint density at radius 3 is 2.70 bits per heavy atom. The maximum Gasteiger partial charge on any atom is 0.304 e. The van der Waals surface area contributed by atoms with Crippen molar-refractivity contribution in [1.29, 1.82) is 0 Å². The minimum absolute atomic E-state index is 0.212. The summed E-state index contributed by atoms with van der Waals surface area (Å²) in [5.41, 5.74) is -0.445. The summed E-state index contributed by atoms with van der Waals surface area (Å²) in [7, 11) is 0. The molecule has 104 valence electrons. The molecular formula is C13H11BrN2O4. The van der Waals surface area contributed by atoms with Gasteiger partial charge in [0.15, 0.2) is 12.5 Å². The number of carbonyl (C=O) groups excluding carboxylic acids is 1. The molecule has 1 aromatic carbocycles. The van der Waals surface area contributed by atoms with Crippen LogP contribution in [-0.2, 0) is 16.3 Å². The van der Waals surface area contributed by atoms with Crippen LogP contribution in [0.15, 0.2) is 45.8 Å². The predicted molar refractivity (Wildman–Crippen MR) is 74.5 cm³/mol. The van der Waals surface area contributed by atoms with Gasteiger partial charge >= 0.3 is 5.97 Å². The third kappa shape index (κ3) is 3.45. The zero-order chi connectivity index (χ0) is 14.5. The number of ether oxygens (including phenoxy) is 2. The number of benzene rings is 1. The Bertz CT molecular complexity index is 670. The summed E-state index contributed by atoms with van der Waals surface area (Å²) in [6.45, 7) is 1.02. The van der Waals surface area contributed by atoms with Crippen LogP contribution in [0.25, 0.3) is 0 Å². The quantitative estimate of drug-likeness (QED) is 0.800. The van der Waals surface area contributed by atoms with E-state index in [1.165, 1.54) is 13.1 Å². The summed E-state index contributed by atoms with van der Waals surface area (Å²) >= 11 is 3.16. The molecule has 2 rings (SSSR count). The number of esters is 1. The number of hydrogen-bond donors (Lipinski definition) is 0. The first kappa shape index (κ1) is 14.3. The van der Waals surface area contributed by atoms with Gasteiger partial charge in [-0.15, -0.1) is 0 Å². The summed E-state index contributed by atoms with van der Waals surface area (Å²) < 4.78 is 11.5. The summed E-state index contributed by atoms with van der Waals surface area (Å²) in [5.74, 6) is 0.395. The Hall–Kier alpha value is -2.15. The molecule has 0 atom stereocenters. The molecule has 0 saturated carbocycles. The van der Waals surface area contributed by atoms with Crippen LogP contribution in [0.5, 0.6) is 11.5 Å². The van der Waals surface area contributed by atoms with Crippen molar-refractivity contribution in [2.24, 2.45) is 0 Å². The molecule has 0 N–H and O–H groups in total. The van der Waals surface area contributed by atoms with Gasteiger partial charge in [0.25, 0.3) is 5.56 Å². The highest BCUT2D eigenvalue weighted by atomic mass is 79.9.